The van der Waals surface area contributed by atoms with E-state index in [4.69, 9.17) is 4.52 Å². The highest BCUT2D eigenvalue weighted by atomic mass is 16.5. The molecular weight excluding hydrogens is 264 g/mol. The first-order valence-corrected chi connectivity index (χ1v) is 7.62. The van der Waals surface area contributed by atoms with E-state index < -0.39 is 0 Å². The molecule has 1 heterocycles. The second-order valence-corrected chi connectivity index (χ2v) is 5.71. The third-order valence-electron chi connectivity index (χ3n) is 4.34. The molecule has 2 unspecified atom stereocenters. The Labute approximate surface area is 124 Å². The van der Waals surface area contributed by atoms with Gasteiger partial charge in [-0.3, -0.25) is 4.79 Å². The molecule has 1 aliphatic carbocycles. The molecule has 2 atom stereocenters. The van der Waals surface area contributed by atoms with E-state index in [-0.39, 0.29) is 17.6 Å². The summed E-state index contributed by atoms with van der Waals surface area (Å²) in [6.07, 6.45) is 3.98. The van der Waals surface area contributed by atoms with Crippen molar-refractivity contribution in [3.8, 4) is 0 Å². The summed E-state index contributed by atoms with van der Waals surface area (Å²) in [6, 6.07) is 8.46. The zero-order chi connectivity index (χ0) is 14.8. The van der Waals surface area contributed by atoms with Crippen molar-refractivity contribution in [1.82, 2.24) is 10.1 Å². The standard InChI is InChI=1S/C17H20N2O2/c1-3-13(11(2)20)17-18-16(19-21-17)15-10-6-8-12-7-4-5-9-14(12)15/h4-5,7,9,13,15H,3,6,8,10H2,1-2H3. The highest BCUT2D eigenvalue weighted by Gasteiger charge is 2.28. The van der Waals surface area contributed by atoms with Gasteiger partial charge in [0.25, 0.3) is 0 Å². The molecule has 110 valence electrons. The molecule has 1 aromatic carbocycles. The van der Waals surface area contributed by atoms with Gasteiger partial charge in [-0.15, -0.1) is 0 Å². The Morgan fingerprint density at radius 3 is 3.00 bits per heavy atom. The third-order valence-corrected chi connectivity index (χ3v) is 4.34. The number of carbonyl (C=O) groups excluding carboxylic acids is 1. The quantitative estimate of drug-likeness (QED) is 0.860. The van der Waals surface area contributed by atoms with Crippen molar-refractivity contribution < 1.29 is 9.32 Å². The molecule has 21 heavy (non-hydrogen) atoms. The molecule has 0 bridgehead atoms. The molecule has 0 N–H and O–H groups in total. The number of rotatable bonds is 4. The second kappa shape index (κ2) is 5.80. The summed E-state index contributed by atoms with van der Waals surface area (Å²) in [7, 11) is 0. The first-order chi connectivity index (χ1) is 10.2. The fourth-order valence-electron chi connectivity index (χ4n) is 3.19. The first-order valence-electron chi connectivity index (χ1n) is 7.62. The summed E-state index contributed by atoms with van der Waals surface area (Å²) < 4.78 is 5.37. The van der Waals surface area contributed by atoms with Crippen molar-refractivity contribution in [3.05, 3.63) is 47.1 Å². The van der Waals surface area contributed by atoms with E-state index in [1.54, 1.807) is 6.92 Å². The van der Waals surface area contributed by atoms with Gasteiger partial charge in [0.1, 0.15) is 5.78 Å². The maximum absolute atomic E-state index is 11.6. The number of hydrogen-bond donors (Lipinski definition) is 0. The second-order valence-electron chi connectivity index (χ2n) is 5.71. The zero-order valence-corrected chi connectivity index (χ0v) is 12.5. The number of nitrogens with zero attached hydrogens (tertiary/aromatic N) is 2. The van der Waals surface area contributed by atoms with Crippen LogP contribution in [-0.2, 0) is 11.2 Å². The van der Waals surface area contributed by atoms with Crippen molar-refractivity contribution in [3.63, 3.8) is 0 Å². The van der Waals surface area contributed by atoms with E-state index in [1.165, 1.54) is 11.1 Å². The van der Waals surface area contributed by atoms with Crippen molar-refractivity contribution in [1.29, 1.82) is 0 Å². The van der Waals surface area contributed by atoms with Crippen LogP contribution in [0.25, 0.3) is 0 Å². The maximum atomic E-state index is 11.6. The molecule has 0 saturated carbocycles. The van der Waals surface area contributed by atoms with Gasteiger partial charge in [-0.05, 0) is 43.7 Å². The van der Waals surface area contributed by atoms with Crippen LogP contribution in [0.4, 0.5) is 0 Å². The Bertz CT molecular complexity index is 648. The van der Waals surface area contributed by atoms with E-state index in [0.717, 1.165) is 25.1 Å². The SMILES string of the molecule is CCC(C(C)=O)c1nc(C2CCCc3ccccc32)no1. The van der Waals surface area contributed by atoms with Crippen molar-refractivity contribution in [2.75, 3.05) is 0 Å². The molecule has 0 radical (unpaired) electrons. The number of fused-ring (bicyclic) bond motifs is 1. The molecule has 0 fully saturated rings. The van der Waals surface area contributed by atoms with Gasteiger partial charge in [0.05, 0.1) is 5.92 Å². The van der Waals surface area contributed by atoms with Crippen LogP contribution in [0.15, 0.2) is 28.8 Å². The Hall–Kier alpha value is -1.97. The van der Waals surface area contributed by atoms with Crippen molar-refractivity contribution in [2.45, 2.75) is 51.4 Å². The number of hydrogen-bond acceptors (Lipinski definition) is 4. The molecule has 4 heteroatoms. The van der Waals surface area contributed by atoms with Gasteiger partial charge >= 0.3 is 0 Å². The Morgan fingerprint density at radius 2 is 2.24 bits per heavy atom. The minimum Gasteiger partial charge on any atom is -0.339 e. The summed E-state index contributed by atoms with van der Waals surface area (Å²) in [6.45, 7) is 3.54. The summed E-state index contributed by atoms with van der Waals surface area (Å²) in [4.78, 5) is 16.2. The number of Topliss-reactive ketones (excluding diaryl/α,β-unsaturated/α-hetero) is 1. The van der Waals surface area contributed by atoms with E-state index in [2.05, 4.69) is 34.4 Å². The van der Waals surface area contributed by atoms with Gasteiger partial charge in [-0.2, -0.15) is 4.98 Å². The van der Waals surface area contributed by atoms with E-state index >= 15 is 0 Å². The Kier molecular flexibility index (Phi) is 3.86. The molecule has 0 aliphatic heterocycles. The number of carbonyl (C=O) groups is 1. The molecule has 3 rings (SSSR count). The predicted molar refractivity (Wildman–Crippen MR) is 79.2 cm³/mol. The molecule has 4 nitrogen and oxygen atoms in total. The molecule has 1 aromatic heterocycles. The van der Waals surface area contributed by atoms with Crippen LogP contribution in [0.5, 0.6) is 0 Å². The average Bonchev–Trinajstić information content (AvgIpc) is 2.96. The lowest BCUT2D eigenvalue weighted by Gasteiger charge is -2.22. The highest BCUT2D eigenvalue weighted by molar-refractivity contribution is 5.82. The summed E-state index contributed by atoms with van der Waals surface area (Å²) >= 11 is 0. The lowest BCUT2D eigenvalue weighted by atomic mass is 9.82. The summed E-state index contributed by atoms with van der Waals surface area (Å²) in [5.41, 5.74) is 2.67. The van der Waals surface area contributed by atoms with E-state index in [1.807, 2.05) is 6.92 Å². The number of aromatic nitrogens is 2. The van der Waals surface area contributed by atoms with E-state index in [0.29, 0.717) is 12.3 Å². The lowest BCUT2D eigenvalue weighted by Crippen LogP contribution is -2.13. The number of benzene rings is 1. The number of aryl methyl sites for hydroxylation is 1. The van der Waals surface area contributed by atoms with Gasteiger partial charge in [0.2, 0.25) is 5.89 Å². The zero-order valence-electron chi connectivity index (χ0n) is 12.5. The van der Waals surface area contributed by atoms with Gasteiger partial charge < -0.3 is 4.52 Å². The Morgan fingerprint density at radius 1 is 1.43 bits per heavy atom. The van der Waals surface area contributed by atoms with Crippen LogP contribution >= 0.6 is 0 Å². The first kappa shape index (κ1) is 14.0. The fraction of sp³-hybridized carbons (Fsp3) is 0.471. The van der Waals surface area contributed by atoms with E-state index in [9.17, 15) is 4.79 Å². The monoisotopic (exact) mass is 284 g/mol. The Balaban J connectivity index is 1.93. The topological polar surface area (TPSA) is 56.0 Å². The van der Waals surface area contributed by atoms with Crippen LogP contribution in [-0.4, -0.2) is 15.9 Å². The minimum absolute atomic E-state index is 0.0803. The molecule has 0 spiro atoms. The van der Waals surface area contributed by atoms with Gasteiger partial charge in [0.15, 0.2) is 5.82 Å². The summed E-state index contributed by atoms with van der Waals surface area (Å²) in [5.74, 6) is 1.18. The van der Waals surface area contributed by atoms with Crippen LogP contribution in [0.1, 0.15) is 67.8 Å². The van der Waals surface area contributed by atoms with Crippen LogP contribution in [0.2, 0.25) is 0 Å². The largest absolute Gasteiger partial charge is 0.339 e. The van der Waals surface area contributed by atoms with Gasteiger partial charge in [-0.25, -0.2) is 0 Å². The normalized spacial score (nSPS) is 19.0. The molecule has 0 amide bonds. The van der Waals surface area contributed by atoms with Crippen molar-refractivity contribution in [2.24, 2.45) is 0 Å². The highest BCUT2D eigenvalue weighted by Crippen LogP contribution is 2.35. The maximum Gasteiger partial charge on any atom is 0.237 e. The lowest BCUT2D eigenvalue weighted by molar-refractivity contribution is -0.119. The predicted octanol–water partition coefficient (Wildman–Crippen LogP) is 3.62. The van der Waals surface area contributed by atoms with Gasteiger partial charge in [-0.1, -0.05) is 36.3 Å². The fourth-order valence-corrected chi connectivity index (χ4v) is 3.19. The molecule has 1 aliphatic rings. The summed E-state index contributed by atoms with van der Waals surface area (Å²) in [5, 5.41) is 4.15. The van der Waals surface area contributed by atoms with Crippen LogP contribution < -0.4 is 0 Å². The molecular formula is C17H20N2O2. The molecule has 2 aromatic rings. The van der Waals surface area contributed by atoms with Crippen LogP contribution in [0, 0.1) is 0 Å². The smallest absolute Gasteiger partial charge is 0.237 e. The number of ketones is 1. The van der Waals surface area contributed by atoms with Crippen LogP contribution in [0.3, 0.4) is 0 Å². The van der Waals surface area contributed by atoms with Gasteiger partial charge in [0, 0.05) is 5.92 Å². The van der Waals surface area contributed by atoms with Crippen molar-refractivity contribution >= 4 is 5.78 Å². The molecule has 0 saturated heterocycles. The minimum atomic E-state index is -0.273. The third kappa shape index (κ3) is 2.62. The average molecular weight is 284 g/mol.